The smallest absolute Gasteiger partial charge is 0.0491 e. The van der Waals surface area contributed by atoms with Crippen LogP contribution in [-0.2, 0) is 19.5 Å². The average molecular weight is 553 g/mol. The van der Waals surface area contributed by atoms with Crippen molar-refractivity contribution < 1.29 is 0 Å². The molecule has 43 heavy (non-hydrogen) atoms. The van der Waals surface area contributed by atoms with Crippen molar-refractivity contribution in [1.29, 1.82) is 0 Å². The second-order valence-electron chi connectivity index (χ2n) is 11.9. The zero-order valence-electron chi connectivity index (χ0n) is 24.6. The topological polar surface area (TPSA) is 9.86 Å². The molecule has 0 spiro atoms. The average Bonchev–Trinajstić information content (AvgIpc) is 3.70. The van der Waals surface area contributed by atoms with Gasteiger partial charge in [0.15, 0.2) is 0 Å². The van der Waals surface area contributed by atoms with Crippen LogP contribution in [0.25, 0.3) is 77.0 Å². The molecule has 1 aliphatic rings. The van der Waals surface area contributed by atoms with Gasteiger partial charge in [-0.05, 0) is 113 Å². The van der Waals surface area contributed by atoms with E-state index < -0.39 is 0 Å². The Morgan fingerprint density at radius 2 is 0.814 bits per heavy atom. The summed E-state index contributed by atoms with van der Waals surface area (Å²) < 4.78 is 4.85. The Hall–Kier alpha value is -5.08. The quantitative estimate of drug-likeness (QED) is 0.205. The highest BCUT2D eigenvalue weighted by Gasteiger charge is 2.21. The molecule has 0 fully saturated rings. The second-order valence-corrected chi connectivity index (χ2v) is 11.9. The maximum atomic E-state index is 2.42. The molecule has 8 aromatic rings. The summed E-state index contributed by atoms with van der Waals surface area (Å²) in [6.07, 6.45) is 0.997. The number of fused-ring (bicyclic) bond motifs is 9. The van der Waals surface area contributed by atoms with E-state index in [4.69, 9.17) is 0 Å². The number of para-hydroxylation sites is 2. The van der Waals surface area contributed by atoms with Gasteiger partial charge in [-0.25, -0.2) is 0 Å². The summed E-state index contributed by atoms with van der Waals surface area (Å²) in [7, 11) is 0. The molecule has 0 amide bonds. The summed E-state index contributed by atoms with van der Waals surface area (Å²) in [5, 5.41) is 5.32. The molecule has 6 aromatic carbocycles. The second kappa shape index (κ2) is 9.21. The fraction of sp³-hybridized carbons (Fsp3) is 0.122. The molecule has 2 aromatic heterocycles. The number of nitrogens with zero attached hydrogens (tertiary/aromatic N) is 2. The molecule has 0 aliphatic heterocycles. The lowest BCUT2D eigenvalue weighted by atomic mass is 9.95. The molecule has 0 saturated carbocycles. The van der Waals surface area contributed by atoms with E-state index in [1.807, 2.05) is 0 Å². The molecule has 2 heterocycles. The first-order valence-corrected chi connectivity index (χ1v) is 15.5. The van der Waals surface area contributed by atoms with Crippen LogP contribution >= 0.6 is 0 Å². The van der Waals surface area contributed by atoms with Crippen LogP contribution in [0.4, 0.5) is 0 Å². The van der Waals surface area contributed by atoms with Crippen LogP contribution in [0.5, 0.6) is 0 Å². The van der Waals surface area contributed by atoms with Crippen molar-refractivity contribution in [2.75, 3.05) is 0 Å². The van der Waals surface area contributed by atoms with Crippen LogP contribution in [0, 0.1) is 0 Å². The third-order valence-corrected chi connectivity index (χ3v) is 9.73. The van der Waals surface area contributed by atoms with Crippen molar-refractivity contribution in [3.05, 3.63) is 132 Å². The molecule has 0 N–H and O–H groups in total. The van der Waals surface area contributed by atoms with E-state index in [1.165, 1.54) is 88.1 Å². The van der Waals surface area contributed by atoms with Crippen LogP contribution in [0.2, 0.25) is 0 Å². The molecule has 0 bridgehead atoms. The van der Waals surface area contributed by atoms with Gasteiger partial charge in [0, 0.05) is 56.7 Å². The fourth-order valence-electron chi connectivity index (χ4n) is 7.67. The number of hydrogen-bond donors (Lipinski definition) is 0. The minimum atomic E-state index is 0.967. The van der Waals surface area contributed by atoms with Crippen LogP contribution in [0.1, 0.15) is 25.0 Å². The predicted octanol–water partition coefficient (Wildman–Crippen LogP) is 10.8. The molecule has 1 aliphatic carbocycles. The van der Waals surface area contributed by atoms with Gasteiger partial charge in [0.25, 0.3) is 0 Å². The number of rotatable bonds is 4. The van der Waals surface area contributed by atoms with E-state index in [-0.39, 0.29) is 0 Å². The largest absolute Gasteiger partial charge is 0.341 e. The van der Waals surface area contributed by atoms with Gasteiger partial charge in [0.2, 0.25) is 0 Å². The summed E-state index contributed by atoms with van der Waals surface area (Å²) in [5.41, 5.74) is 15.9. The SMILES string of the molecule is CCn1c2ccccc2c2cc(-c3ccc4c(c3)-c3cc(-c5ccc6c(c5)c5ccccc5n6CC)ccc3C4)ccc21. The molecule has 0 radical (unpaired) electrons. The Morgan fingerprint density at radius 1 is 0.419 bits per heavy atom. The first kappa shape index (κ1) is 24.5. The van der Waals surface area contributed by atoms with Crippen LogP contribution in [0.3, 0.4) is 0 Å². The molecule has 0 atom stereocenters. The summed E-state index contributed by atoms with van der Waals surface area (Å²) in [6.45, 7) is 6.39. The monoisotopic (exact) mass is 552 g/mol. The van der Waals surface area contributed by atoms with Crippen molar-refractivity contribution in [2.45, 2.75) is 33.4 Å². The van der Waals surface area contributed by atoms with Gasteiger partial charge >= 0.3 is 0 Å². The van der Waals surface area contributed by atoms with E-state index in [0.29, 0.717) is 0 Å². The third-order valence-electron chi connectivity index (χ3n) is 9.73. The third kappa shape index (κ3) is 3.53. The van der Waals surface area contributed by atoms with E-state index in [1.54, 1.807) is 0 Å². The summed E-state index contributed by atoms with van der Waals surface area (Å²) in [5.74, 6) is 0. The Bertz CT molecular complexity index is 2230. The molecule has 2 heteroatoms. The maximum Gasteiger partial charge on any atom is 0.0491 e. The van der Waals surface area contributed by atoms with E-state index in [2.05, 4.69) is 144 Å². The highest BCUT2D eigenvalue weighted by atomic mass is 15.0. The number of hydrogen-bond acceptors (Lipinski definition) is 0. The number of aryl methyl sites for hydroxylation is 2. The van der Waals surface area contributed by atoms with Gasteiger partial charge in [-0.2, -0.15) is 0 Å². The molecule has 9 rings (SSSR count). The Kier molecular flexibility index (Phi) is 5.25. The van der Waals surface area contributed by atoms with Crippen molar-refractivity contribution in [2.24, 2.45) is 0 Å². The molecular formula is C41H32N2. The zero-order valence-corrected chi connectivity index (χ0v) is 24.6. The van der Waals surface area contributed by atoms with Gasteiger partial charge in [-0.1, -0.05) is 72.8 Å². The molecule has 206 valence electrons. The fourth-order valence-corrected chi connectivity index (χ4v) is 7.67. The van der Waals surface area contributed by atoms with Crippen molar-refractivity contribution >= 4 is 43.6 Å². The van der Waals surface area contributed by atoms with Crippen LogP contribution in [0.15, 0.2) is 121 Å². The number of aromatic nitrogens is 2. The van der Waals surface area contributed by atoms with Gasteiger partial charge in [0.05, 0.1) is 0 Å². The minimum absolute atomic E-state index is 0.967. The van der Waals surface area contributed by atoms with Gasteiger partial charge in [0.1, 0.15) is 0 Å². The van der Waals surface area contributed by atoms with E-state index >= 15 is 0 Å². The summed E-state index contributed by atoms with van der Waals surface area (Å²) in [4.78, 5) is 0. The zero-order chi connectivity index (χ0) is 28.7. The Labute approximate surface area is 251 Å². The Morgan fingerprint density at radius 3 is 1.28 bits per heavy atom. The summed E-state index contributed by atoms with van der Waals surface area (Å²) >= 11 is 0. The van der Waals surface area contributed by atoms with Gasteiger partial charge in [-0.15, -0.1) is 0 Å². The Balaban J connectivity index is 1.15. The van der Waals surface area contributed by atoms with Crippen molar-refractivity contribution in [3.63, 3.8) is 0 Å². The van der Waals surface area contributed by atoms with E-state index in [0.717, 1.165) is 19.5 Å². The minimum Gasteiger partial charge on any atom is -0.341 e. The molecule has 2 nitrogen and oxygen atoms in total. The normalized spacial score (nSPS) is 12.5. The molecule has 0 saturated heterocycles. The van der Waals surface area contributed by atoms with Gasteiger partial charge in [-0.3, -0.25) is 0 Å². The van der Waals surface area contributed by atoms with Crippen LogP contribution < -0.4 is 0 Å². The van der Waals surface area contributed by atoms with Crippen molar-refractivity contribution in [1.82, 2.24) is 9.13 Å². The molecular weight excluding hydrogens is 520 g/mol. The summed E-state index contributed by atoms with van der Waals surface area (Å²) in [6, 6.07) is 45.7. The highest BCUT2D eigenvalue weighted by molar-refractivity contribution is 6.10. The van der Waals surface area contributed by atoms with Crippen LogP contribution in [-0.4, -0.2) is 9.13 Å². The lowest BCUT2D eigenvalue weighted by Crippen LogP contribution is -1.92. The van der Waals surface area contributed by atoms with Crippen molar-refractivity contribution in [3.8, 4) is 33.4 Å². The lowest BCUT2D eigenvalue weighted by Gasteiger charge is -2.10. The molecule has 0 unspecified atom stereocenters. The van der Waals surface area contributed by atoms with E-state index in [9.17, 15) is 0 Å². The van der Waals surface area contributed by atoms with Gasteiger partial charge < -0.3 is 9.13 Å². The predicted molar refractivity (Wildman–Crippen MR) is 183 cm³/mol. The maximum absolute atomic E-state index is 2.42. The lowest BCUT2D eigenvalue weighted by molar-refractivity contribution is 0.827. The first-order valence-electron chi connectivity index (χ1n) is 15.5. The highest BCUT2D eigenvalue weighted by Crippen LogP contribution is 2.42. The standard InChI is InChI=1S/C41H32N2/c1-3-42-38-11-7-5-9-32(38)36-24-28(17-19-40(36)42)26-13-15-30-21-31-16-14-27(23-35(31)34(30)22-26)29-18-20-41-37(25-29)33-10-6-8-12-39(33)43(41)4-2/h5-20,22-25H,3-4,21H2,1-2H3. The first-order chi connectivity index (χ1) is 21.2. The number of benzene rings is 6.